The molecule has 104 valence electrons. The van der Waals surface area contributed by atoms with Crippen LogP contribution in [0.25, 0.3) is 0 Å². The van der Waals surface area contributed by atoms with Gasteiger partial charge in [0.25, 0.3) is 5.69 Å². The molecular formula is C12H11N3O5. The van der Waals surface area contributed by atoms with Gasteiger partial charge in [0.05, 0.1) is 23.6 Å². The summed E-state index contributed by atoms with van der Waals surface area (Å²) in [6.45, 7) is 1.14. The Morgan fingerprint density at radius 3 is 2.40 bits per heavy atom. The first-order chi connectivity index (χ1) is 9.38. The normalized spacial score (nSPS) is 14.9. The van der Waals surface area contributed by atoms with Crippen LogP contribution in [0, 0.1) is 10.1 Å². The van der Waals surface area contributed by atoms with Crippen molar-refractivity contribution in [1.82, 2.24) is 5.32 Å². The van der Waals surface area contributed by atoms with Crippen molar-refractivity contribution in [1.29, 1.82) is 0 Å². The molecule has 8 nitrogen and oxygen atoms in total. The van der Waals surface area contributed by atoms with Crippen molar-refractivity contribution in [3.8, 4) is 0 Å². The van der Waals surface area contributed by atoms with E-state index in [4.69, 9.17) is 0 Å². The Labute approximate surface area is 113 Å². The summed E-state index contributed by atoms with van der Waals surface area (Å²) in [7, 11) is 0. The Kier molecular flexibility index (Phi) is 3.47. The highest BCUT2D eigenvalue weighted by molar-refractivity contribution is 6.03. The van der Waals surface area contributed by atoms with Gasteiger partial charge in [0.2, 0.25) is 11.8 Å². The highest BCUT2D eigenvalue weighted by Gasteiger charge is 2.25. The topological polar surface area (TPSA) is 110 Å². The Hall–Kier alpha value is -2.77. The molecular weight excluding hydrogens is 266 g/mol. The lowest BCUT2D eigenvalue weighted by Crippen LogP contribution is -2.51. The van der Waals surface area contributed by atoms with Crippen molar-refractivity contribution in [2.75, 3.05) is 18.0 Å². The molecule has 8 heteroatoms. The van der Waals surface area contributed by atoms with E-state index >= 15 is 0 Å². The van der Waals surface area contributed by atoms with E-state index in [0.717, 1.165) is 0 Å². The molecule has 20 heavy (non-hydrogen) atoms. The summed E-state index contributed by atoms with van der Waals surface area (Å²) in [5.74, 6) is -1.36. The van der Waals surface area contributed by atoms with Gasteiger partial charge in [-0.1, -0.05) is 0 Å². The third kappa shape index (κ3) is 2.63. The van der Waals surface area contributed by atoms with Gasteiger partial charge in [-0.15, -0.1) is 0 Å². The van der Waals surface area contributed by atoms with Crippen molar-refractivity contribution < 1.29 is 19.3 Å². The Morgan fingerprint density at radius 2 is 1.90 bits per heavy atom. The van der Waals surface area contributed by atoms with Crippen LogP contribution in [0.3, 0.4) is 0 Å². The van der Waals surface area contributed by atoms with Crippen molar-refractivity contribution in [2.45, 2.75) is 6.92 Å². The monoisotopic (exact) mass is 277 g/mol. The molecule has 1 fully saturated rings. The fourth-order valence-corrected chi connectivity index (χ4v) is 1.98. The Bertz CT molecular complexity index is 610. The van der Waals surface area contributed by atoms with E-state index in [1.54, 1.807) is 0 Å². The molecule has 0 atom stereocenters. The number of hydrogen-bond donors (Lipinski definition) is 1. The third-order valence-corrected chi connectivity index (χ3v) is 2.87. The summed E-state index contributed by atoms with van der Waals surface area (Å²) >= 11 is 0. The first-order valence-electron chi connectivity index (χ1n) is 5.75. The summed E-state index contributed by atoms with van der Waals surface area (Å²) in [6, 6.07) is 3.94. The Balaban J connectivity index is 2.40. The van der Waals surface area contributed by atoms with Gasteiger partial charge in [-0.3, -0.25) is 29.8 Å². The number of amides is 2. The number of Topliss-reactive ketones (excluding diaryl/α,β-unsaturated/α-hetero) is 1. The highest BCUT2D eigenvalue weighted by Crippen LogP contribution is 2.25. The first kappa shape index (κ1) is 13.7. The predicted octanol–water partition coefficient (Wildman–Crippen LogP) is 0.260. The molecule has 1 aliphatic rings. The van der Waals surface area contributed by atoms with Gasteiger partial charge in [-0.25, -0.2) is 0 Å². The number of piperazine rings is 1. The van der Waals surface area contributed by atoms with Crippen molar-refractivity contribution in [3.05, 3.63) is 33.9 Å². The van der Waals surface area contributed by atoms with E-state index < -0.39 is 22.5 Å². The van der Waals surface area contributed by atoms with Gasteiger partial charge in [-0.2, -0.15) is 0 Å². The average Bonchev–Trinajstić information content (AvgIpc) is 2.36. The molecule has 1 N–H and O–H groups in total. The fourth-order valence-electron chi connectivity index (χ4n) is 1.98. The van der Waals surface area contributed by atoms with Crippen LogP contribution >= 0.6 is 0 Å². The standard InChI is InChI=1S/C12H11N3O5/c1-7(16)9-4-8(2-3-10(9)15(19)20)14-5-11(17)13-12(18)6-14/h2-4H,5-6H2,1H3,(H,13,17,18). The second-order valence-corrected chi connectivity index (χ2v) is 4.34. The summed E-state index contributed by atoms with van der Waals surface area (Å²) in [6.07, 6.45) is 0. The number of rotatable bonds is 3. The lowest BCUT2D eigenvalue weighted by Gasteiger charge is -2.27. The quantitative estimate of drug-likeness (QED) is 0.367. The molecule has 1 heterocycles. The smallest absolute Gasteiger partial charge is 0.280 e. The van der Waals surface area contributed by atoms with Gasteiger partial charge in [-0.05, 0) is 19.1 Å². The van der Waals surface area contributed by atoms with Gasteiger partial charge >= 0.3 is 0 Å². The molecule has 2 rings (SSSR count). The van der Waals surface area contributed by atoms with E-state index in [1.165, 1.54) is 30.0 Å². The molecule has 1 aliphatic heterocycles. The zero-order valence-electron chi connectivity index (χ0n) is 10.6. The van der Waals surface area contributed by atoms with Crippen LogP contribution in [-0.2, 0) is 9.59 Å². The van der Waals surface area contributed by atoms with Crippen molar-refractivity contribution in [2.24, 2.45) is 0 Å². The number of ketones is 1. The van der Waals surface area contributed by atoms with Crippen LogP contribution in [0.4, 0.5) is 11.4 Å². The van der Waals surface area contributed by atoms with E-state index in [2.05, 4.69) is 5.32 Å². The molecule has 0 aromatic heterocycles. The number of carbonyl (C=O) groups is 3. The minimum atomic E-state index is -0.644. The first-order valence-corrected chi connectivity index (χ1v) is 5.75. The highest BCUT2D eigenvalue weighted by atomic mass is 16.6. The maximum atomic E-state index is 11.5. The SMILES string of the molecule is CC(=O)c1cc(N2CC(=O)NC(=O)C2)ccc1[N+](=O)[O-]. The number of anilines is 1. The lowest BCUT2D eigenvalue weighted by molar-refractivity contribution is -0.385. The predicted molar refractivity (Wildman–Crippen MR) is 68.5 cm³/mol. The number of nitro benzene ring substituents is 1. The van der Waals surface area contributed by atoms with Gasteiger partial charge < -0.3 is 4.90 Å². The van der Waals surface area contributed by atoms with E-state index in [9.17, 15) is 24.5 Å². The van der Waals surface area contributed by atoms with Gasteiger partial charge in [0.1, 0.15) is 0 Å². The van der Waals surface area contributed by atoms with Crippen molar-refractivity contribution in [3.63, 3.8) is 0 Å². The summed E-state index contributed by atoms with van der Waals surface area (Å²) in [5.41, 5.74) is 0.0731. The second-order valence-electron chi connectivity index (χ2n) is 4.34. The number of nitrogens with zero attached hydrogens (tertiary/aromatic N) is 2. The van der Waals surface area contributed by atoms with Crippen molar-refractivity contribution >= 4 is 29.0 Å². The number of hydrogen-bond acceptors (Lipinski definition) is 6. The Morgan fingerprint density at radius 1 is 1.30 bits per heavy atom. The zero-order valence-corrected chi connectivity index (χ0v) is 10.6. The number of imide groups is 1. The summed E-state index contributed by atoms with van der Waals surface area (Å²) in [5, 5.41) is 13.0. The minimum Gasteiger partial charge on any atom is -0.353 e. The molecule has 0 spiro atoms. The van der Waals surface area contributed by atoms with Gasteiger partial charge in [0, 0.05) is 11.8 Å². The molecule has 0 saturated carbocycles. The van der Waals surface area contributed by atoms with Crippen LogP contribution in [-0.4, -0.2) is 35.6 Å². The van der Waals surface area contributed by atoms with Crippen LogP contribution in [0.2, 0.25) is 0 Å². The van der Waals surface area contributed by atoms with Crippen LogP contribution in [0.15, 0.2) is 18.2 Å². The maximum Gasteiger partial charge on any atom is 0.280 e. The second kappa shape index (κ2) is 5.08. The molecule has 0 unspecified atom stereocenters. The van der Waals surface area contributed by atoms with Crippen LogP contribution in [0.5, 0.6) is 0 Å². The van der Waals surface area contributed by atoms with E-state index in [0.29, 0.717) is 5.69 Å². The molecule has 0 bridgehead atoms. The van der Waals surface area contributed by atoms with Crippen LogP contribution in [0.1, 0.15) is 17.3 Å². The molecule has 1 aromatic carbocycles. The molecule has 1 aromatic rings. The molecule has 0 radical (unpaired) electrons. The summed E-state index contributed by atoms with van der Waals surface area (Å²) in [4.78, 5) is 45.7. The van der Waals surface area contributed by atoms with E-state index in [1.807, 2.05) is 0 Å². The zero-order chi connectivity index (χ0) is 14.9. The van der Waals surface area contributed by atoms with Crippen LogP contribution < -0.4 is 10.2 Å². The lowest BCUT2D eigenvalue weighted by atomic mass is 10.1. The average molecular weight is 277 g/mol. The maximum absolute atomic E-state index is 11.5. The minimum absolute atomic E-state index is 0.0408. The number of benzene rings is 1. The fraction of sp³-hybridized carbons (Fsp3) is 0.250. The largest absolute Gasteiger partial charge is 0.353 e. The number of carbonyl (C=O) groups excluding carboxylic acids is 3. The molecule has 2 amide bonds. The number of nitrogens with one attached hydrogen (secondary N) is 1. The molecule has 0 aliphatic carbocycles. The van der Waals surface area contributed by atoms with Gasteiger partial charge in [0.15, 0.2) is 5.78 Å². The number of nitro groups is 1. The summed E-state index contributed by atoms with van der Waals surface area (Å²) < 4.78 is 0. The molecule has 1 saturated heterocycles. The third-order valence-electron chi connectivity index (χ3n) is 2.87. The van der Waals surface area contributed by atoms with E-state index in [-0.39, 0.29) is 24.3 Å².